The van der Waals surface area contributed by atoms with E-state index in [0.29, 0.717) is 31.8 Å². The van der Waals surface area contributed by atoms with E-state index in [0.717, 1.165) is 55.8 Å². The fraction of sp³-hybridized carbons (Fsp3) is 0.619. The number of carbonyl (C=O) groups is 2. The number of methoxy groups -OCH3 is 2. The molecular formula is C21H30N2O4. The van der Waals surface area contributed by atoms with Gasteiger partial charge in [0.2, 0.25) is 11.8 Å². The molecule has 0 aliphatic carbocycles. The van der Waals surface area contributed by atoms with E-state index in [-0.39, 0.29) is 11.8 Å². The predicted octanol–water partition coefficient (Wildman–Crippen LogP) is 2.50. The van der Waals surface area contributed by atoms with Crippen LogP contribution >= 0.6 is 0 Å². The van der Waals surface area contributed by atoms with Crippen molar-refractivity contribution in [3.63, 3.8) is 0 Å². The average molecular weight is 374 g/mol. The Morgan fingerprint density at radius 2 is 1.52 bits per heavy atom. The number of ether oxygens (including phenoxy) is 2. The maximum absolute atomic E-state index is 12.6. The van der Waals surface area contributed by atoms with Crippen LogP contribution < -0.4 is 9.47 Å². The maximum Gasteiger partial charge on any atom is 0.225 e. The van der Waals surface area contributed by atoms with Crippen molar-refractivity contribution in [1.82, 2.24) is 9.80 Å². The van der Waals surface area contributed by atoms with E-state index in [1.165, 1.54) is 0 Å². The van der Waals surface area contributed by atoms with Gasteiger partial charge in [0.25, 0.3) is 0 Å². The zero-order chi connectivity index (χ0) is 19.2. The quantitative estimate of drug-likeness (QED) is 0.768. The minimum absolute atomic E-state index is 0.0924. The Morgan fingerprint density at radius 1 is 0.926 bits per heavy atom. The van der Waals surface area contributed by atoms with E-state index < -0.39 is 0 Å². The van der Waals surface area contributed by atoms with E-state index in [9.17, 15) is 9.59 Å². The molecule has 1 aromatic rings. The molecule has 0 aromatic heterocycles. The standard InChI is InChI=1S/C21H30N2O4/c1-26-18-13-16(14-19(15-18)27-2)5-6-20(24)22-11-7-17(8-12-22)21(25)23-9-3-4-10-23/h13-15,17H,3-12H2,1-2H3. The normalized spacial score (nSPS) is 17.9. The molecule has 0 unspecified atom stereocenters. The summed E-state index contributed by atoms with van der Waals surface area (Å²) in [5.74, 6) is 2.01. The van der Waals surface area contributed by atoms with Gasteiger partial charge in [-0.3, -0.25) is 9.59 Å². The van der Waals surface area contributed by atoms with Crippen molar-refractivity contribution in [2.24, 2.45) is 5.92 Å². The van der Waals surface area contributed by atoms with Gasteiger partial charge in [-0.2, -0.15) is 0 Å². The molecule has 2 fully saturated rings. The van der Waals surface area contributed by atoms with Crippen molar-refractivity contribution >= 4 is 11.8 Å². The number of rotatable bonds is 6. The van der Waals surface area contributed by atoms with Gasteiger partial charge in [-0.1, -0.05) is 0 Å². The number of likely N-dealkylation sites (tertiary alicyclic amines) is 2. The Bertz CT molecular complexity index is 640. The highest BCUT2D eigenvalue weighted by molar-refractivity contribution is 5.80. The zero-order valence-corrected chi connectivity index (χ0v) is 16.4. The number of carbonyl (C=O) groups excluding carboxylic acids is 2. The molecule has 6 nitrogen and oxygen atoms in total. The minimum Gasteiger partial charge on any atom is -0.497 e. The first-order valence-corrected chi connectivity index (χ1v) is 9.89. The van der Waals surface area contributed by atoms with E-state index in [1.807, 2.05) is 28.0 Å². The van der Waals surface area contributed by atoms with Crippen LogP contribution in [0.25, 0.3) is 0 Å². The molecule has 0 saturated carbocycles. The zero-order valence-electron chi connectivity index (χ0n) is 16.4. The topological polar surface area (TPSA) is 59.1 Å². The number of nitrogens with zero attached hydrogens (tertiary/aromatic N) is 2. The van der Waals surface area contributed by atoms with Crippen molar-refractivity contribution < 1.29 is 19.1 Å². The largest absolute Gasteiger partial charge is 0.497 e. The highest BCUT2D eigenvalue weighted by Gasteiger charge is 2.31. The lowest BCUT2D eigenvalue weighted by Gasteiger charge is -2.33. The third-order valence-corrected chi connectivity index (χ3v) is 5.65. The molecule has 2 heterocycles. The lowest BCUT2D eigenvalue weighted by Crippen LogP contribution is -2.43. The molecule has 6 heteroatoms. The number of hydrogen-bond donors (Lipinski definition) is 0. The van der Waals surface area contributed by atoms with Crippen molar-refractivity contribution in [2.75, 3.05) is 40.4 Å². The molecule has 3 rings (SSSR count). The summed E-state index contributed by atoms with van der Waals surface area (Å²) < 4.78 is 10.6. The third-order valence-electron chi connectivity index (χ3n) is 5.65. The van der Waals surface area contributed by atoms with Crippen LogP contribution in [-0.4, -0.2) is 62.0 Å². The van der Waals surface area contributed by atoms with Crippen LogP contribution in [-0.2, 0) is 16.0 Å². The molecule has 1 aromatic carbocycles. The molecular weight excluding hydrogens is 344 g/mol. The molecule has 2 aliphatic heterocycles. The van der Waals surface area contributed by atoms with Crippen molar-refractivity contribution in [3.05, 3.63) is 23.8 Å². The van der Waals surface area contributed by atoms with E-state index in [2.05, 4.69) is 0 Å². The van der Waals surface area contributed by atoms with Gasteiger partial charge in [0.05, 0.1) is 14.2 Å². The monoisotopic (exact) mass is 374 g/mol. The Hall–Kier alpha value is -2.24. The second kappa shape index (κ2) is 9.11. The SMILES string of the molecule is COc1cc(CCC(=O)N2CCC(C(=O)N3CCCC3)CC2)cc(OC)c1. The molecule has 0 radical (unpaired) electrons. The van der Waals surface area contributed by atoms with Crippen LogP contribution in [0.3, 0.4) is 0 Å². The van der Waals surface area contributed by atoms with Crippen LogP contribution in [0.4, 0.5) is 0 Å². The Kier molecular flexibility index (Phi) is 6.58. The van der Waals surface area contributed by atoms with Gasteiger partial charge in [0.1, 0.15) is 11.5 Å². The molecule has 0 N–H and O–H groups in total. The second-order valence-electron chi connectivity index (χ2n) is 7.41. The molecule has 2 amide bonds. The van der Waals surface area contributed by atoms with Gasteiger partial charge < -0.3 is 19.3 Å². The number of aryl methyl sites for hydroxylation is 1. The number of benzene rings is 1. The molecule has 0 spiro atoms. The van der Waals surface area contributed by atoms with Crippen LogP contribution in [0.5, 0.6) is 11.5 Å². The predicted molar refractivity (Wildman–Crippen MR) is 103 cm³/mol. The molecule has 27 heavy (non-hydrogen) atoms. The van der Waals surface area contributed by atoms with E-state index >= 15 is 0 Å². The first-order chi connectivity index (χ1) is 13.1. The minimum atomic E-state index is 0.0924. The maximum atomic E-state index is 12.6. The van der Waals surface area contributed by atoms with Crippen molar-refractivity contribution in [1.29, 1.82) is 0 Å². The highest BCUT2D eigenvalue weighted by atomic mass is 16.5. The number of piperidine rings is 1. The van der Waals surface area contributed by atoms with Crippen LogP contribution in [0.1, 0.15) is 37.7 Å². The van der Waals surface area contributed by atoms with Gasteiger partial charge in [0.15, 0.2) is 0 Å². The van der Waals surface area contributed by atoms with Gasteiger partial charge in [0, 0.05) is 44.6 Å². The Balaban J connectivity index is 1.47. The molecule has 0 atom stereocenters. The number of amides is 2. The van der Waals surface area contributed by atoms with Crippen LogP contribution in [0.2, 0.25) is 0 Å². The van der Waals surface area contributed by atoms with Crippen LogP contribution in [0, 0.1) is 5.92 Å². The molecule has 0 bridgehead atoms. The van der Waals surface area contributed by atoms with Gasteiger partial charge in [-0.15, -0.1) is 0 Å². The summed E-state index contributed by atoms with van der Waals surface area (Å²) in [5.41, 5.74) is 1.03. The van der Waals surface area contributed by atoms with E-state index in [1.54, 1.807) is 14.2 Å². The fourth-order valence-electron chi connectivity index (χ4n) is 3.99. The summed E-state index contributed by atoms with van der Waals surface area (Å²) in [7, 11) is 3.24. The second-order valence-corrected chi connectivity index (χ2v) is 7.41. The summed E-state index contributed by atoms with van der Waals surface area (Å²) in [6.07, 6.45) is 4.93. The van der Waals surface area contributed by atoms with Crippen LogP contribution in [0.15, 0.2) is 18.2 Å². The van der Waals surface area contributed by atoms with Gasteiger partial charge in [-0.05, 0) is 49.8 Å². The molecule has 2 aliphatic rings. The summed E-state index contributed by atoms with van der Waals surface area (Å²) in [5, 5.41) is 0. The smallest absolute Gasteiger partial charge is 0.225 e. The number of hydrogen-bond acceptors (Lipinski definition) is 4. The summed E-state index contributed by atoms with van der Waals surface area (Å²) in [4.78, 5) is 29.0. The first kappa shape index (κ1) is 19.5. The summed E-state index contributed by atoms with van der Waals surface area (Å²) in [6.45, 7) is 3.18. The van der Waals surface area contributed by atoms with Crippen molar-refractivity contribution in [3.8, 4) is 11.5 Å². The molecule has 2 saturated heterocycles. The Morgan fingerprint density at radius 3 is 2.07 bits per heavy atom. The van der Waals surface area contributed by atoms with Gasteiger partial charge >= 0.3 is 0 Å². The highest BCUT2D eigenvalue weighted by Crippen LogP contribution is 2.25. The lowest BCUT2D eigenvalue weighted by molar-refractivity contribution is -0.140. The molecule has 148 valence electrons. The average Bonchev–Trinajstić information content (AvgIpc) is 3.26. The summed E-state index contributed by atoms with van der Waals surface area (Å²) in [6, 6.07) is 5.71. The fourth-order valence-corrected chi connectivity index (χ4v) is 3.99. The summed E-state index contributed by atoms with van der Waals surface area (Å²) >= 11 is 0. The Labute approximate surface area is 161 Å². The first-order valence-electron chi connectivity index (χ1n) is 9.89. The van der Waals surface area contributed by atoms with Crippen molar-refractivity contribution in [2.45, 2.75) is 38.5 Å². The lowest BCUT2D eigenvalue weighted by atomic mass is 9.95. The van der Waals surface area contributed by atoms with E-state index in [4.69, 9.17) is 9.47 Å². The third kappa shape index (κ3) is 4.93. The van der Waals surface area contributed by atoms with Gasteiger partial charge in [-0.25, -0.2) is 0 Å².